The number of rotatable bonds is 0. The molecule has 0 bridgehead atoms. The average Bonchev–Trinajstić information content (AvgIpc) is 2.45. The van der Waals surface area contributed by atoms with Crippen LogP contribution in [0.15, 0.2) is 42.7 Å². The molecule has 0 rings (SSSR count). The van der Waals surface area contributed by atoms with Crippen molar-refractivity contribution in [3.63, 3.8) is 0 Å². The van der Waals surface area contributed by atoms with Crippen molar-refractivity contribution in [1.29, 1.82) is 0 Å². The van der Waals surface area contributed by atoms with E-state index in [2.05, 4.69) is 0 Å². The summed E-state index contributed by atoms with van der Waals surface area (Å²) in [6.07, 6.45) is 0. The molecule has 0 saturated heterocycles. The molecule has 0 spiro atoms. The fraction of sp³-hybridized carbons (Fsp3) is 0. The van der Waals surface area contributed by atoms with Gasteiger partial charge in [-0.1, -0.05) is 0 Å². The smallest absolute Gasteiger partial charge is 0.444 e. The molecular weight excluding hydrogens is 600 g/mol. The Kier molecular flexibility index (Phi) is 1110. The zero-order chi connectivity index (χ0) is 21.7. The largest absolute Gasteiger partial charge is 4.00 e. The monoisotopic (exact) mass is 600 g/mol. The Morgan fingerprint density at radius 2 is 0.308 bits per heavy atom. The average molecular weight is 600 g/mol. The maximum Gasteiger partial charge on any atom is 4.00 e. The third-order valence-corrected chi connectivity index (χ3v) is 0. The molecule has 0 fully saturated rings. The molecule has 0 atom stereocenters. The second kappa shape index (κ2) is 433. The van der Waals surface area contributed by atoms with Crippen LogP contribution in [0.1, 0.15) is 0 Å². The maximum atomic E-state index is 8.00. The van der Waals surface area contributed by atoms with Crippen LogP contribution in [0.5, 0.6) is 0 Å². The summed E-state index contributed by atoms with van der Waals surface area (Å²) in [4.78, 5) is 64.0. The van der Waals surface area contributed by atoms with Crippen LogP contribution >= 0.6 is 0 Å². The van der Waals surface area contributed by atoms with E-state index in [1.807, 2.05) is 0 Å². The van der Waals surface area contributed by atoms with Crippen LogP contribution in [-0.2, 0) is 42.8 Å². The van der Waals surface area contributed by atoms with Crippen LogP contribution in [0.3, 0.4) is 0 Å². The first kappa shape index (κ1) is 66.4. The quantitative estimate of drug-likeness (QED) is 0.218. The maximum absolute atomic E-state index is 8.00. The van der Waals surface area contributed by atoms with Crippen molar-refractivity contribution >= 4 is 0 Å². The Morgan fingerprint density at radius 1 is 0.308 bits per heavy atom. The zero-order valence-electron chi connectivity index (χ0n) is 11.0. The van der Waals surface area contributed by atoms with E-state index in [9.17, 15) is 0 Å². The van der Waals surface area contributed by atoms with Gasteiger partial charge in [-0.2, -0.15) is 0 Å². The Labute approximate surface area is 166 Å². The van der Waals surface area contributed by atoms with Gasteiger partial charge in [0.05, 0.1) is 0 Å². The van der Waals surface area contributed by atoms with E-state index < -0.39 is 0 Å². The molecule has 0 aromatic rings. The van der Waals surface area contributed by atoms with Gasteiger partial charge in [-0.3, -0.25) is 0 Å². The van der Waals surface area contributed by atoms with Crippen LogP contribution in [0.4, 0.5) is 0 Å². The van der Waals surface area contributed by atoms with Gasteiger partial charge in [-0.25, -0.2) is 0 Å². The minimum atomic E-state index is 0. The molecular formula is N8O16TiW-4. The van der Waals surface area contributed by atoms with Gasteiger partial charge in [0.2, 0.25) is 0 Å². The van der Waals surface area contributed by atoms with Gasteiger partial charge < -0.3 is 80.9 Å². The molecule has 0 radical (unpaired) electrons. The molecule has 26 heteroatoms. The summed E-state index contributed by atoms with van der Waals surface area (Å²) in [5.74, 6) is 0. The molecule has 0 aromatic heterocycles. The van der Waals surface area contributed by atoms with Gasteiger partial charge >= 0.3 is 21.7 Å². The van der Waals surface area contributed by atoms with Gasteiger partial charge in [0, 0.05) is 21.1 Å². The Bertz CT molecular complexity index is 166. The van der Waals surface area contributed by atoms with E-state index in [1.54, 1.807) is 0 Å². The van der Waals surface area contributed by atoms with Gasteiger partial charge in [-0.15, -0.1) is 42.7 Å². The van der Waals surface area contributed by atoms with Crippen LogP contribution in [0.25, 0.3) is 0 Å². The topological polar surface area (TPSA) is 420 Å². The third-order valence-electron chi connectivity index (χ3n) is 0. The first-order valence-electron chi connectivity index (χ1n) is 2.92. The molecule has 0 aliphatic rings. The minimum Gasteiger partial charge on any atom is -0.444 e. The minimum absolute atomic E-state index is 0. The van der Waals surface area contributed by atoms with E-state index in [-0.39, 0.29) is 42.8 Å². The van der Waals surface area contributed by atoms with Crippen LogP contribution in [0.2, 0.25) is 0 Å². The summed E-state index contributed by atoms with van der Waals surface area (Å²) < 4.78 is 0. The third kappa shape index (κ3) is 686. The summed E-state index contributed by atoms with van der Waals surface area (Å²) in [6.45, 7) is 0. The van der Waals surface area contributed by atoms with Gasteiger partial charge in [-0.05, 0) is 0 Å². The molecule has 0 aliphatic heterocycles. The summed E-state index contributed by atoms with van der Waals surface area (Å²) in [5, 5.41) is 72.0. The zero-order valence-corrected chi connectivity index (χ0v) is 15.5. The number of nitrogens with zero attached hydrogens (tertiary/aromatic N) is 8. The summed E-state index contributed by atoms with van der Waals surface area (Å²) >= 11 is 0. The van der Waals surface area contributed by atoms with Crippen molar-refractivity contribution in [3.8, 4) is 0 Å². The first-order chi connectivity index (χ1) is 11.3. The van der Waals surface area contributed by atoms with Crippen molar-refractivity contribution < 1.29 is 42.8 Å². The van der Waals surface area contributed by atoms with Crippen molar-refractivity contribution in [2.45, 2.75) is 0 Å². The molecule has 0 aromatic carbocycles. The van der Waals surface area contributed by atoms with E-state index in [1.165, 1.54) is 0 Å². The Hall–Kier alpha value is -3.40. The molecule has 150 valence electrons. The molecule has 26 heavy (non-hydrogen) atoms. The van der Waals surface area contributed by atoms with E-state index >= 15 is 0 Å². The predicted molar refractivity (Wildman–Crippen MR) is 73.3 cm³/mol. The van der Waals surface area contributed by atoms with Crippen molar-refractivity contribution in [1.82, 2.24) is 0 Å². The summed E-state index contributed by atoms with van der Waals surface area (Å²) in [5.41, 5.74) is 0. The fourth-order valence-electron chi connectivity index (χ4n) is 0. The summed E-state index contributed by atoms with van der Waals surface area (Å²) in [7, 11) is 0. The van der Waals surface area contributed by atoms with Gasteiger partial charge in [0.15, 0.2) is 0 Å². The SMILES string of the molecule is O=N[O-].O=N[O-].O=N[O-].O=N[O-].O=N[O-].O=N[O-].O=N[O-].O=N[O-].[Ti+4].[W]. The molecule has 0 saturated carbocycles. The Balaban J connectivity index is -0.0000000139. The standard InChI is InChI=1S/8HNO2.Ti.W/c8*2-1-3;;/h8*(H,2,3);;/q;;;;;;;;+4;/p-8. The molecule has 0 N–H and O–H groups in total. The van der Waals surface area contributed by atoms with Crippen LogP contribution in [0, 0.1) is 80.9 Å². The molecule has 24 nitrogen and oxygen atoms in total. The second-order valence-electron chi connectivity index (χ2n) is 0.596. The Morgan fingerprint density at radius 3 is 0.308 bits per heavy atom. The number of hydrogen-bond donors (Lipinski definition) is 0. The van der Waals surface area contributed by atoms with Crippen molar-refractivity contribution in [3.05, 3.63) is 80.9 Å². The number of hydrogen-bond acceptors (Lipinski definition) is 24. The molecule has 0 heterocycles. The van der Waals surface area contributed by atoms with Gasteiger partial charge in [0.25, 0.3) is 0 Å². The molecule has 0 amide bonds. The molecule has 0 unspecified atom stereocenters. The van der Waals surface area contributed by atoms with Crippen LogP contribution in [-0.4, -0.2) is 0 Å². The fourth-order valence-corrected chi connectivity index (χ4v) is 0. The normalized spacial score (nSPS) is 3.69. The second-order valence-corrected chi connectivity index (χ2v) is 0.596. The van der Waals surface area contributed by atoms with E-state index in [0.29, 0.717) is 0 Å². The van der Waals surface area contributed by atoms with Crippen molar-refractivity contribution in [2.75, 3.05) is 0 Å². The summed E-state index contributed by atoms with van der Waals surface area (Å²) in [6, 6.07) is 0. The predicted octanol–water partition coefficient (Wildman–Crippen LogP) is 2.00. The van der Waals surface area contributed by atoms with Gasteiger partial charge in [0.1, 0.15) is 0 Å². The first-order valence-corrected chi connectivity index (χ1v) is 2.92. The molecule has 0 aliphatic carbocycles. The van der Waals surface area contributed by atoms with E-state index in [4.69, 9.17) is 80.9 Å². The van der Waals surface area contributed by atoms with Crippen LogP contribution < -0.4 is 0 Å². The van der Waals surface area contributed by atoms with Crippen molar-refractivity contribution in [2.24, 2.45) is 42.7 Å². The van der Waals surface area contributed by atoms with E-state index in [0.717, 1.165) is 42.7 Å².